The van der Waals surface area contributed by atoms with Crippen molar-refractivity contribution in [1.82, 2.24) is 4.90 Å². The second-order valence-electron chi connectivity index (χ2n) is 9.72. The van der Waals surface area contributed by atoms with E-state index in [1.165, 1.54) is 12.8 Å². The first-order chi connectivity index (χ1) is 12.9. The molecule has 0 aromatic carbocycles. The Kier molecular flexibility index (Phi) is 7.59. The molecular formula is C22H41NO4. The molecule has 3 rings (SSSR count). The molecule has 1 spiro atoms. The normalized spacial score (nSPS) is 33.2. The summed E-state index contributed by atoms with van der Waals surface area (Å²) in [6.45, 7) is 14.7. The van der Waals surface area contributed by atoms with Crippen LogP contribution in [0.3, 0.4) is 0 Å². The SMILES string of the molecule is CCCN(CCC1COC2(CCC(C(C)(C)C)CC2)O1)CC1OCCCO1. The molecule has 5 heteroatoms. The molecule has 27 heavy (non-hydrogen) atoms. The monoisotopic (exact) mass is 383 g/mol. The van der Waals surface area contributed by atoms with Gasteiger partial charge in [0.1, 0.15) is 0 Å². The molecule has 3 fully saturated rings. The Morgan fingerprint density at radius 3 is 2.37 bits per heavy atom. The van der Waals surface area contributed by atoms with E-state index < -0.39 is 0 Å². The van der Waals surface area contributed by atoms with Crippen molar-refractivity contribution >= 4 is 0 Å². The number of rotatable bonds is 7. The highest BCUT2D eigenvalue weighted by molar-refractivity contribution is 4.89. The highest BCUT2D eigenvalue weighted by atomic mass is 16.7. The second kappa shape index (κ2) is 9.53. The molecule has 0 amide bonds. The van der Waals surface area contributed by atoms with Crippen LogP contribution in [-0.2, 0) is 18.9 Å². The summed E-state index contributed by atoms with van der Waals surface area (Å²) in [5, 5.41) is 0. The Balaban J connectivity index is 1.42. The number of hydrogen-bond acceptors (Lipinski definition) is 5. The predicted molar refractivity (Wildman–Crippen MR) is 107 cm³/mol. The maximum atomic E-state index is 6.46. The molecule has 0 N–H and O–H groups in total. The zero-order chi connectivity index (χ0) is 19.3. The fourth-order valence-electron chi connectivity index (χ4n) is 4.73. The fraction of sp³-hybridized carbons (Fsp3) is 1.00. The minimum absolute atomic E-state index is 0.0648. The minimum Gasteiger partial charge on any atom is -0.351 e. The summed E-state index contributed by atoms with van der Waals surface area (Å²) in [6, 6.07) is 0. The minimum atomic E-state index is -0.294. The lowest BCUT2D eigenvalue weighted by Crippen LogP contribution is -2.40. The molecule has 1 unspecified atom stereocenters. The van der Waals surface area contributed by atoms with Crippen LogP contribution in [0.5, 0.6) is 0 Å². The quantitative estimate of drug-likeness (QED) is 0.659. The van der Waals surface area contributed by atoms with Gasteiger partial charge in [0.25, 0.3) is 0 Å². The molecule has 3 aliphatic rings. The van der Waals surface area contributed by atoms with E-state index in [1.54, 1.807) is 0 Å². The van der Waals surface area contributed by atoms with Gasteiger partial charge in [-0.25, -0.2) is 0 Å². The molecule has 0 radical (unpaired) electrons. The maximum Gasteiger partial charge on any atom is 0.170 e. The Hall–Kier alpha value is -0.200. The number of nitrogens with zero attached hydrogens (tertiary/aromatic N) is 1. The van der Waals surface area contributed by atoms with Gasteiger partial charge in [0.15, 0.2) is 12.1 Å². The summed E-state index contributed by atoms with van der Waals surface area (Å²) in [4.78, 5) is 2.46. The highest BCUT2D eigenvalue weighted by Gasteiger charge is 2.45. The van der Waals surface area contributed by atoms with Crippen LogP contribution in [0, 0.1) is 11.3 Å². The molecule has 0 aromatic rings. The molecule has 2 aliphatic heterocycles. The van der Waals surface area contributed by atoms with E-state index in [-0.39, 0.29) is 18.2 Å². The molecule has 0 aromatic heterocycles. The lowest BCUT2D eigenvalue weighted by molar-refractivity contribution is -0.198. The lowest BCUT2D eigenvalue weighted by atomic mass is 9.71. The van der Waals surface area contributed by atoms with Crippen molar-refractivity contribution in [3.8, 4) is 0 Å². The van der Waals surface area contributed by atoms with Gasteiger partial charge in [-0.15, -0.1) is 0 Å². The smallest absolute Gasteiger partial charge is 0.170 e. The highest BCUT2D eigenvalue weighted by Crippen LogP contribution is 2.45. The Morgan fingerprint density at radius 2 is 1.74 bits per heavy atom. The van der Waals surface area contributed by atoms with Gasteiger partial charge >= 0.3 is 0 Å². The number of hydrogen-bond donors (Lipinski definition) is 0. The van der Waals surface area contributed by atoms with Crippen LogP contribution in [0.2, 0.25) is 0 Å². The maximum absolute atomic E-state index is 6.46. The van der Waals surface area contributed by atoms with Crippen LogP contribution >= 0.6 is 0 Å². The van der Waals surface area contributed by atoms with Crippen LogP contribution in [0.15, 0.2) is 0 Å². The van der Waals surface area contributed by atoms with Crippen molar-refractivity contribution < 1.29 is 18.9 Å². The van der Waals surface area contributed by atoms with Crippen LogP contribution in [0.4, 0.5) is 0 Å². The van der Waals surface area contributed by atoms with E-state index in [0.29, 0.717) is 5.41 Å². The van der Waals surface area contributed by atoms with Crippen molar-refractivity contribution in [2.75, 3.05) is 39.5 Å². The molecule has 0 bridgehead atoms. The Bertz CT molecular complexity index is 436. The Morgan fingerprint density at radius 1 is 1.04 bits per heavy atom. The van der Waals surface area contributed by atoms with Crippen LogP contribution in [0.25, 0.3) is 0 Å². The van der Waals surface area contributed by atoms with E-state index in [0.717, 1.165) is 77.5 Å². The van der Waals surface area contributed by atoms with E-state index in [1.807, 2.05) is 0 Å². The van der Waals surface area contributed by atoms with Crippen molar-refractivity contribution in [1.29, 1.82) is 0 Å². The molecule has 5 nitrogen and oxygen atoms in total. The molecule has 158 valence electrons. The van der Waals surface area contributed by atoms with Gasteiger partial charge in [-0.05, 0) is 50.0 Å². The zero-order valence-corrected chi connectivity index (χ0v) is 18.0. The first kappa shape index (κ1) is 21.5. The largest absolute Gasteiger partial charge is 0.351 e. The zero-order valence-electron chi connectivity index (χ0n) is 18.0. The first-order valence-electron chi connectivity index (χ1n) is 11.2. The Labute approximate surface area is 166 Å². The summed E-state index contributed by atoms with van der Waals surface area (Å²) < 4.78 is 24.1. The molecule has 1 saturated carbocycles. The molecule has 2 heterocycles. The third-order valence-corrected chi connectivity index (χ3v) is 6.50. The van der Waals surface area contributed by atoms with E-state index >= 15 is 0 Å². The van der Waals surface area contributed by atoms with Crippen LogP contribution in [-0.4, -0.2) is 62.5 Å². The van der Waals surface area contributed by atoms with E-state index in [2.05, 4.69) is 32.6 Å². The summed E-state index contributed by atoms with van der Waals surface area (Å²) in [6.07, 6.45) is 7.87. The first-order valence-corrected chi connectivity index (χ1v) is 11.2. The molecule has 2 saturated heterocycles. The summed E-state index contributed by atoms with van der Waals surface area (Å²) in [5.41, 5.74) is 0.392. The standard InChI is InChI=1S/C22H41NO4/c1-5-12-23(16-20-24-14-6-15-25-20)13-9-19-17-26-22(27-19)10-7-18(8-11-22)21(2,3)4/h18-20H,5-17H2,1-4H3. The van der Waals surface area contributed by atoms with Crippen molar-refractivity contribution in [2.24, 2.45) is 11.3 Å². The molecule has 1 atom stereocenters. The summed E-state index contributed by atoms with van der Waals surface area (Å²) >= 11 is 0. The topological polar surface area (TPSA) is 40.2 Å². The van der Waals surface area contributed by atoms with E-state index in [4.69, 9.17) is 18.9 Å². The van der Waals surface area contributed by atoms with Gasteiger partial charge in [0, 0.05) is 25.9 Å². The lowest BCUT2D eigenvalue weighted by Gasteiger charge is -2.41. The van der Waals surface area contributed by atoms with Crippen molar-refractivity contribution in [2.45, 2.75) is 90.8 Å². The second-order valence-corrected chi connectivity index (χ2v) is 9.72. The predicted octanol–water partition coefficient (Wildman–Crippen LogP) is 4.20. The average molecular weight is 384 g/mol. The van der Waals surface area contributed by atoms with Crippen LogP contribution in [0.1, 0.15) is 72.6 Å². The van der Waals surface area contributed by atoms with Crippen molar-refractivity contribution in [3.63, 3.8) is 0 Å². The number of ether oxygens (including phenoxy) is 4. The van der Waals surface area contributed by atoms with Gasteiger partial charge in [-0.2, -0.15) is 0 Å². The van der Waals surface area contributed by atoms with E-state index in [9.17, 15) is 0 Å². The van der Waals surface area contributed by atoms with Gasteiger partial charge in [0.2, 0.25) is 0 Å². The summed E-state index contributed by atoms with van der Waals surface area (Å²) in [7, 11) is 0. The van der Waals surface area contributed by atoms with Crippen LogP contribution < -0.4 is 0 Å². The summed E-state index contributed by atoms with van der Waals surface area (Å²) in [5.74, 6) is 0.488. The third-order valence-electron chi connectivity index (χ3n) is 6.50. The molecular weight excluding hydrogens is 342 g/mol. The van der Waals surface area contributed by atoms with Crippen molar-refractivity contribution in [3.05, 3.63) is 0 Å². The van der Waals surface area contributed by atoms with Gasteiger partial charge < -0.3 is 18.9 Å². The van der Waals surface area contributed by atoms with Gasteiger partial charge in [-0.3, -0.25) is 4.90 Å². The average Bonchev–Trinajstić information content (AvgIpc) is 3.03. The van der Waals surface area contributed by atoms with Gasteiger partial charge in [0.05, 0.1) is 25.9 Å². The fourth-order valence-corrected chi connectivity index (χ4v) is 4.73. The molecule has 1 aliphatic carbocycles. The van der Waals surface area contributed by atoms with Gasteiger partial charge in [-0.1, -0.05) is 27.7 Å². The third kappa shape index (κ3) is 6.14.